The minimum Gasteiger partial charge on any atom is -0.349 e. The van der Waals surface area contributed by atoms with Crippen LogP contribution in [0, 0.1) is 13.8 Å². The summed E-state index contributed by atoms with van der Waals surface area (Å²) in [7, 11) is 0. The lowest BCUT2D eigenvalue weighted by molar-refractivity contribution is -0.121. The van der Waals surface area contributed by atoms with Crippen molar-refractivity contribution in [1.82, 2.24) is 15.1 Å². The van der Waals surface area contributed by atoms with Gasteiger partial charge in [0.1, 0.15) is 0 Å². The molecule has 3 aromatic rings. The van der Waals surface area contributed by atoms with Gasteiger partial charge in [0.05, 0.1) is 23.8 Å². The van der Waals surface area contributed by atoms with Crippen LogP contribution in [-0.2, 0) is 11.2 Å². The Hall–Kier alpha value is -2.30. The molecule has 4 nitrogen and oxygen atoms in total. The summed E-state index contributed by atoms with van der Waals surface area (Å²) in [6.07, 6.45) is 0.264. The molecule has 27 heavy (non-hydrogen) atoms. The molecule has 3 rings (SSSR count). The van der Waals surface area contributed by atoms with E-state index in [9.17, 15) is 4.79 Å². The van der Waals surface area contributed by atoms with E-state index in [0.717, 1.165) is 28.2 Å². The molecule has 0 radical (unpaired) electrons. The Labute approximate surface area is 169 Å². The van der Waals surface area contributed by atoms with Crippen molar-refractivity contribution in [2.75, 3.05) is 0 Å². The Morgan fingerprint density at radius 1 is 1.15 bits per heavy atom. The van der Waals surface area contributed by atoms with E-state index < -0.39 is 0 Å². The zero-order chi connectivity index (χ0) is 19.6. The molecule has 0 bridgehead atoms. The molecular weight excluding hydrogens is 381 g/mol. The molecule has 140 valence electrons. The van der Waals surface area contributed by atoms with E-state index in [4.69, 9.17) is 23.2 Å². The SMILES string of the molecule is Cc1nn(-c2ccccc2)c(C)c1CC(=O)N[C@H](C)c1ccc(Cl)cc1Cl. The third kappa shape index (κ3) is 4.34. The predicted octanol–water partition coefficient (Wildman–Crippen LogP) is 5.22. The lowest BCUT2D eigenvalue weighted by Crippen LogP contribution is -2.28. The van der Waals surface area contributed by atoms with E-state index in [1.165, 1.54) is 0 Å². The van der Waals surface area contributed by atoms with Crippen LogP contribution >= 0.6 is 23.2 Å². The molecule has 0 fully saturated rings. The highest BCUT2D eigenvalue weighted by molar-refractivity contribution is 6.35. The van der Waals surface area contributed by atoms with Crippen LogP contribution in [-0.4, -0.2) is 15.7 Å². The van der Waals surface area contributed by atoms with Crippen molar-refractivity contribution in [1.29, 1.82) is 0 Å². The summed E-state index contributed by atoms with van der Waals surface area (Å²) in [5.74, 6) is -0.0765. The number of aryl methyl sites for hydroxylation is 1. The number of nitrogens with zero attached hydrogens (tertiary/aromatic N) is 2. The van der Waals surface area contributed by atoms with Gasteiger partial charge in [-0.1, -0.05) is 47.5 Å². The van der Waals surface area contributed by atoms with E-state index in [-0.39, 0.29) is 18.4 Å². The number of amides is 1. The summed E-state index contributed by atoms with van der Waals surface area (Å²) < 4.78 is 1.87. The van der Waals surface area contributed by atoms with E-state index >= 15 is 0 Å². The van der Waals surface area contributed by atoms with Crippen molar-refractivity contribution in [3.05, 3.63) is 81.1 Å². The van der Waals surface area contributed by atoms with Crippen LogP contribution in [0.5, 0.6) is 0 Å². The Morgan fingerprint density at radius 3 is 2.52 bits per heavy atom. The van der Waals surface area contributed by atoms with Crippen LogP contribution in [0.4, 0.5) is 0 Å². The molecular formula is C21H21Cl2N3O. The summed E-state index contributed by atoms with van der Waals surface area (Å²) in [6, 6.07) is 15.0. The van der Waals surface area contributed by atoms with Crippen LogP contribution in [0.1, 0.15) is 35.5 Å². The van der Waals surface area contributed by atoms with Crippen LogP contribution in [0.25, 0.3) is 5.69 Å². The van der Waals surface area contributed by atoms with Gasteiger partial charge < -0.3 is 5.32 Å². The van der Waals surface area contributed by atoms with Gasteiger partial charge >= 0.3 is 0 Å². The zero-order valence-corrected chi connectivity index (χ0v) is 17.0. The van der Waals surface area contributed by atoms with Gasteiger partial charge in [0, 0.05) is 21.3 Å². The van der Waals surface area contributed by atoms with Gasteiger partial charge in [-0.2, -0.15) is 5.10 Å². The van der Waals surface area contributed by atoms with Gasteiger partial charge in [-0.15, -0.1) is 0 Å². The number of hydrogen-bond donors (Lipinski definition) is 1. The maximum atomic E-state index is 12.6. The van der Waals surface area contributed by atoms with Crippen LogP contribution in [0.15, 0.2) is 48.5 Å². The van der Waals surface area contributed by atoms with Crippen molar-refractivity contribution in [2.24, 2.45) is 0 Å². The van der Waals surface area contributed by atoms with Crippen molar-refractivity contribution in [2.45, 2.75) is 33.2 Å². The molecule has 1 amide bonds. The van der Waals surface area contributed by atoms with E-state index in [1.54, 1.807) is 12.1 Å². The Kier molecular flexibility index (Phi) is 5.88. The fourth-order valence-corrected chi connectivity index (χ4v) is 3.71. The number of carbonyl (C=O) groups excluding carboxylic acids is 1. The standard InChI is InChI=1S/C21H21Cl2N3O/c1-13(18-10-9-16(22)11-20(18)23)24-21(27)12-19-14(2)25-26(15(19)3)17-7-5-4-6-8-17/h4-11,13H,12H2,1-3H3,(H,24,27)/t13-/m1/s1. The summed E-state index contributed by atoms with van der Waals surface area (Å²) in [6.45, 7) is 5.81. The Morgan fingerprint density at radius 2 is 1.85 bits per heavy atom. The second-order valence-electron chi connectivity index (χ2n) is 6.53. The first-order valence-corrected chi connectivity index (χ1v) is 9.47. The van der Waals surface area contributed by atoms with E-state index in [1.807, 2.05) is 61.9 Å². The van der Waals surface area contributed by atoms with Gasteiger partial charge in [-0.05, 0) is 50.6 Å². The highest BCUT2D eigenvalue weighted by Crippen LogP contribution is 2.26. The third-order valence-electron chi connectivity index (χ3n) is 4.59. The first-order valence-electron chi connectivity index (χ1n) is 8.71. The highest BCUT2D eigenvalue weighted by atomic mass is 35.5. The Balaban J connectivity index is 1.75. The first kappa shape index (κ1) is 19.5. The number of benzene rings is 2. The van der Waals surface area contributed by atoms with E-state index in [0.29, 0.717) is 10.0 Å². The minimum absolute atomic E-state index is 0.0765. The first-order chi connectivity index (χ1) is 12.9. The number of halogens is 2. The van der Waals surface area contributed by atoms with Gasteiger partial charge in [0.15, 0.2) is 0 Å². The van der Waals surface area contributed by atoms with Crippen molar-refractivity contribution in [3.8, 4) is 5.69 Å². The van der Waals surface area contributed by atoms with E-state index in [2.05, 4.69) is 10.4 Å². The van der Waals surface area contributed by atoms with Crippen LogP contribution < -0.4 is 5.32 Å². The molecule has 0 spiro atoms. The van der Waals surface area contributed by atoms with Gasteiger partial charge in [-0.25, -0.2) is 4.68 Å². The van der Waals surface area contributed by atoms with Crippen molar-refractivity contribution in [3.63, 3.8) is 0 Å². The molecule has 2 aromatic carbocycles. The van der Waals surface area contributed by atoms with Gasteiger partial charge in [-0.3, -0.25) is 4.79 Å². The van der Waals surface area contributed by atoms with Crippen LogP contribution in [0.2, 0.25) is 10.0 Å². The number of hydrogen-bond acceptors (Lipinski definition) is 2. The molecule has 0 aliphatic rings. The molecule has 1 aromatic heterocycles. The maximum Gasteiger partial charge on any atom is 0.225 e. The van der Waals surface area contributed by atoms with Crippen molar-refractivity contribution < 1.29 is 4.79 Å². The second kappa shape index (κ2) is 8.15. The monoisotopic (exact) mass is 401 g/mol. The average molecular weight is 402 g/mol. The Bertz CT molecular complexity index is 967. The van der Waals surface area contributed by atoms with Crippen LogP contribution in [0.3, 0.4) is 0 Å². The molecule has 6 heteroatoms. The number of nitrogens with one attached hydrogen (secondary N) is 1. The van der Waals surface area contributed by atoms with Gasteiger partial charge in [0.25, 0.3) is 0 Å². The molecule has 0 aliphatic heterocycles. The number of aromatic nitrogens is 2. The summed E-state index contributed by atoms with van der Waals surface area (Å²) in [5, 5.41) is 8.71. The number of rotatable bonds is 5. The van der Waals surface area contributed by atoms with Crippen molar-refractivity contribution >= 4 is 29.1 Å². The topological polar surface area (TPSA) is 46.9 Å². The molecule has 0 aliphatic carbocycles. The largest absolute Gasteiger partial charge is 0.349 e. The molecule has 1 atom stereocenters. The fourth-order valence-electron chi connectivity index (χ4n) is 3.13. The maximum absolute atomic E-state index is 12.6. The van der Waals surface area contributed by atoms with Gasteiger partial charge in [0.2, 0.25) is 5.91 Å². The quantitative estimate of drug-likeness (QED) is 0.637. The number of carbonyl (C=O) groups is 1. The minimum atomic E-state index is -0.216. The molecule has 1 N–H and O–H groups in total. The molecule has 0 unspecified atom stereocenters. The number of para-hydroxylation sites is 1. The second-order valence-corrected chi connectivity index (χ2v) is 7.37. The zero-order valence-electron chi connectivity index (χ0n) is 15.5. The lowest BCUT2D eigenvalue weighted by Gasteiger charge is -2.16. The predicted molar refractivity (Wildman–Crippen MR) is 110 cm³/mol. The average Bonchev–Trinajstić information content (AvgIpc) is 2.90. The normalized spacial score (nSPS) is 12.0. The fraction of sp³-hybridized carbons (Fsp3) is 0.238. The molecule has 1 heterocycles. The summed E-state index contributed by atoms with van der Waals surface area (Å²) in [5.41, 5.74) is 4.56. The highest BCUT2D eigenvalue weighted by Gasteiger charge is 2.18. The third-order valence-corrected chi connectivity index (χ3v) is 5.15. The smallest absolute Gasteiger partial charge is 0.225 e. The molecule has 0 saturated heterocycles. The molecule has 0 saturated carbocycles. The summed E-state index contributed by atoms with van der Waals surface area (Å²) in [4.78, 5) is 12.6. The summed E-state index contributed by atoms with van der Waals surface area (Å²) >= 11 is 12.2. The lowest BCUT2D eigenvalue weighted by atomic mass is 10.1.